The van der Waals surface area contributed by atoms with Crippen LogP contribution >= 0.6 is 11.3 Å². The van der Waals surface area contributed by atoms with E-state index < -0.39 is 0 Å². The molecule has 1 fully saturated rings. The summed E-state index contributed by atoms with van der Waals surface area (Å²) in [5.74, 6) is -0.485. The van der Waals surface area contributed by atoms with Crippen LogP contribution in [0.4, 0.5) is 5.13 Å². The number of amides is 2. The number of piperidine rings is 1. The standard InChI is InChI=1S/C20H23N3O4S/c1-27-19(26)15-7-9-23(10-8-15)18(25)12-16-13-28-20(21-16)22-17(24)11-14-5-3-2-4-6-14/h2-6,13,15H,7-12H2,1H3,(H,21,22,24). The van der Waals surface area contributed by atoms with E-state index in [-0.39, 0.29) is 36.5 Å². The highest BCUT2D eigenvalue weighted by Crippen LogP contribution is 2.21. The molecule has 148 valence electrons. The van der Waals surface area contributed by atoms with E-state index in [0.717, 1.165) is 5.56 Å². The molecule has 0 bridgehead atoms. The lowest BCUT2D eigenvalue weighted by Gasteiger charge is -2.30. The fourth-order valence-corrected chi connectivity index (χ4v) is 3.91. The third-order valence-corrected chi connectivity index (χ3v) is 5.53. The van der Waals surface area contributed by atoms with Crippen molar-refractivity contribution < 1.29 is 19.1 Å². The summed E-state index contributed by atoms with van der Waals surface area (Å²) in [5, 5.41) is 5.06. The summed E-state index contributed by atoms with van der Waals surface area (Å²) >= 11 is 1.31. The number of esters is 1. The Balaban J connectivity index is 1.47. The predicted octanol–water partition coefficient (Wildman–Crippen LogP) is 2.28. The van der Waals surface area contributed by atoms with Crippen molar-refractivity contribution in [2.45, 2.75) is 25.7 Å². The Morgan fingerprint density at radius 2 is 1.89 bits per heavy atom. The molecule has 0 aliphatic carbocycles. The zero-order valence-corrected chi connectivity index (χ0v) is 16.5. The first-order valence-corrected chi connectivity index (χ1v) is 10.1. The molecule has 2 heterocycles. The van der Waals surface area contributed by atoms with Crippen molar-refractivity contribution >= 4 is 34.3 Å². The Morgan fingerprint density at radius 1 is 1.18 bits per heavy atom. The second kappa shape index (κ2) is 9.45. The van der Waals surface area contributed by atoms with Crippen LogP contribution in [0.2, 0.25) is 0 Å². The van der Waals surface area contributed by atoms with Crippen LogP contribution in [0.1, 0.15) is 24.1 Å². The number of methoxy groups -OCH3 is 1. The van der Waals surface area contributed by atoms with Crippen molar-refractivity contribution in [2.75, 3.05) is 25.5 Å². The van der Waals surface area contributed by atoms with E-state index in [1.807, 2.05) is 30.3 Å². The van der Waals surface area contributed by atoms with E-state index in [2.05, 4.69) is 10.3 Å². The first-order valence-electron chi connectivity index (χ1n) is 9.19. The minimum Gasteiger partial charge on any atom is -0.469 e. The van der Waals surface area contributed by atoms with Gasteiger partial charge in [0.25, 0.3) is 0 Å². The number of aromatic nitrogens is 1. The zero-order valence-electron chi connectivity index (χ0n) is 15.7. The lowest BCUT2D eigenvalue weighted by molar-refractivity contribution is -0.148. The minimum absolute atomic E-state index is 0.0178. The Labute approximate surface area is 167 Å². The monoisotopic (exact) mass is 401 g/mol. The molecule has 0 atom stereocenters. The molecule has 3 rings (SSSR count). The number of benzene rings is 1. The lowest BCUT2D eigenvalue weighted by Crippen LogP contribution is -2.41. The van der Waals surface area contributed by atoms with Crippen molar-refractivity contribution in [3.8, 4) is 0 Å². The molecular formula is C20H23N3O4S. The van der Waals surface area contributed by atoms with E-state index in [1.54, 1.807) is 10.3 Å². The van der Waals surface area contributed by atoms with E-state index in [1.165, 1.54) is 18.4 Å². The molecule has 0 saturated carbocycles. The van der Waals surface area contributed by atoms with Crippen LogP contribution in [-0.4, -0.2) is 47.9 Å². The van der Waals surface area contributed by atoms with E-state index in [4.69, 9.17) is 4.74 Å². The van der Waals surface area contributed by atoms with Gasteiger partial charge in [0, 0.05) is 18.5 Å². The van der Waals surface area contributed by atoms with Crippen molar-refractivity contribution in [3.05, 3.63) is 47.0 Å². The summed E-state index contributed by atoms with van der Waals surface area (Å²) in [6, 6.07) is 9.49. The number of anilines is 1. The van der Waals surface area contributed by atoms with E-state index in [9.17, 15) is 14.4 Å². The summed E-state index contributed by atoms with van der Waals surface area (Å²) in [6.07, 6.45) is 1.71. The summed E-state index contributed by atoms with van der Waals surface area (Å²) < 4.78 is 4.77. The maximum atomic E-state index is 12.5. The summed E-state index contributed by atoms with van der Waals surface area (Å²) in [7, 11) is 1.39. The average molecular weight is 401 g/mol. The van der Waals surface area contributed by atoms with Gasteiger partial charge in [0.15, 0.2) is 5.13 Å². The zero-order chi connectivity index (χ0) is 19.9. The SMILES string of the molecule is COC(=O)C1CCN(C(=O)Cc2csc(NC(=O)Cc3ccccc3)n2)CC1. The smallest absolute Gasteiger partial charge is 0.308 e. The number of rotatable bonds is 6. The van der Waals surface area contributed by atoms with E-state index >= 15 is 0 Å². The molecule has 2 aromatic rings. The van der Waals surface area contributed by atoms with Gasteiger partial charge in [-0.1, -0.05) is 30.3 Å². The minimum atomic E-state index is -0.206. The third-order valence-electron chi connectivity index (χ3n) is 4.72. The van der Waals surface area contributed by atoms with Crippen molar-refractivity contribution in [2.24, 2.45) is 5.92 Å². The highest BCUT2D eigenvalue weighted by atomic mass is 32.1. The molecule has 0 radical (unpaired) electrons. The number of nitrogens with one attached hydrogen (secondary N) is 1. The number of ether oxygens (including phenoxy) is 1. The van der Waals surface area contributed by atoms with Crippen LogP contribution in [0.15, 0.2) is 35.7 Å². The third kappa shape index (κ3) is 5.39. The number of likely N-dealkylation sites (tertiary alicyclic amines) is 1. The molecule has 0 unspecified atom stereocenters. The molecule has 28 heavy (non-hydrogen) atoms. The number of nitrogens with zero attached hydrogens (tertiary/aromatic N) is 2. The lowest BCUT2D eigenvalue weighted by atomic mass is 9.97. The first kappa shape index (κ1) is 20.0. The van der Waals surface area contributed by atoms with E-state index in [0.29, 0.717) is 36.8 Å². The quantitative estimate of drug-likeness (QED) is 0.750. The van der Waals surface area contributed by atoms with Crippen molar-refractivity contribution in [1.29, 1.82) is 0 Å². The number of carbonyl (C=O) groups is 3. The van der Waals surface area contributed by atoms with Gasteiger partial charge in [0.1, 0.15) is 0 Å². The van der Waals surface area contributed by atoms with Gasteiger partial charge in [-0.3, -0.25) is 14.4 Å². The maximum Gasteiger partial charge on any atom is 0.308 e. The van der Waals surface area contributed by atoms with Crippen LogP contribution < -0.4 is 5.32 Å². The molecule has 1 aliphatic rings. The van der Waals surface area contributed by atoms with Gasteiger partial charge in [-0.2, -0.15) is 0 Å². The first-order chi connectivity index (χ1) is 13.5. The second-order valence-electron chi connectivity index (χ2n) is 6.71. The van der Waals surface area contributed by atoms with Crippen LogP contribution in [0, 0.1) is 5.92 Å². The summed E-state index contributed by atoms with van der Waals surface area (Å²) in [6.45, 7) is 1.09. The Bertz CT molecular complexity index is 829. The normalized spacial score (nSPS) is 14.5. The Morgan fingerprint density at radius 3 is 2.57 bits per heavy atom. The highest BCUT2D eigenvalue weighted by Gasteiger charge is 2.28. The number of hydrogen-bond acceptors (Lipinski definition) is 6. The van der Waals surface area contributed by atoms with Crippen molar-refractivity contribution in [1.82, 2.24) is 9.88 Å². The fourth-order valence-electron chi connectivity index (χ4n) is 3.19. The molecule has 1 saturated heterocycles. The number of carbonyl (C=O) groups excluding carboxylic acids is 3. The summed E-state index contributed by atoms with van der Waals surface area (Å²) in [4.78, 5) is 42.3. The molecule has 2 amide bonds. The Hall–Kier alpha value is -2.74. The molecular weight excluding hydrogens is 378 g/mol. The average Bonchev–Trinajstić information content (AvgIpc) is 3.14. The molecule has 7 nitrogen and oxygen atoms in total. The van der Waals surface area contributed by atoms with Gasteiger partial charge in [0.2, 0.25) is 11.8 Å². The molecule has 1 aliphatic heterocycles. The molecule has 1 aromatic carbocycles. The van der Waals surface area contributed by atoms with Crippen molar-refractivity contribution in [3.63, 3.8) is 0 Å². The molecule has 1 aromatic heterocycles. The van der Waals surface area contributed by atoms with Gasteiger partial charge in [-0.05, 0) is 18.4 Å². The van der Waals surface area contributed by atoms with Gasteiger partial charge in [-0.15, -0.1) is 11.3 Å². The maximum absolute atomic E-state index is 12.5. The number of thiazole rings is 1. The van der Waals surface area contributed by atoms with Crippen LogP contribution in [-0.2, 0) is 32.0 Å². The largest absolute Gasteiger partial charge is 0.469 e. The summed E-state index contributed by atoms with van der Waals surface area (Å²) in [5.41, 5.74) is 1.57. The molecule has 0 spiro atoms. The Kier molecular flexibility index (Phi) is 6.76. The molecule has 1 N–H and O–H groups in total. The molecule has 8 heteroatoms. The van der Waals surface area contributed by atoms with Crippen LogP contribution in [0.5, 0.6) is 0 Å². The highest BCUT2D eigenvalue weighted by molar-refractivity contribution is 7.13. The topological polar surface area (TPSA) is 88.6 Å². The van der Waals surface area contributed by atoms with Crippen LogP contribution in [0.25, 0.3) is 0 Å². The number of hydrogen-bond donors (Lipinski definition) is 1. The van der Waals surface area contributed by atoms with Gasteiger partial charge < -0.3 is 15.0 Å². The second-order valence-corrected chi connectivity index (χ2v) is 7.57. The van der Waals surface area contributed by atoms with Gasteiger partial charge in [0.05, 0.1) is 31.6 Å². The fraction of sp³-hybridized carbons (Fsp3) is 0.400. The van der Waals surface area contributed by atoms with Gasteiger partial charge >= 0.3 is 5.97 Å². The van der Waals surface area contributed by atoms with Crippen LogP contribution in [0.3, 0.4) is 0 Å². The van der Waals surface area contributed by atoms with Gasteiger partial charge in [-0.25, -0.2) is 4.98 Å². The predicted molar refractivity (Wildman–Crippen MR) is 106 cm³/mol.